The molecule has 1 aromatic carbocycles. The van der Waals surface area contributed by atoms with Crippen molar-refractivity contribution >= 4 is 54.9 Å². The molecular weight excluding hydrogens is 331 g/mol. The van der Waals surface area contributed by atoms with Crippen molar-refractivity contribution in [1.29, 1.82) is 0 Å². The monoisotopic (exact) mass is 336 g/mol. The largest absolute Gasteiger partial charge is 0.462 e. The molecule has 6 heteroatoms. The van der Waals surface area contributed by atoms with Crippen molar-refractivity contribution in [3.63, 3.8) is 0 Å². The van der Waals surface area contributed by atoms with Crippen LogP contribution in [0.1, 0.15) is 16.6 Å². The van der Waals surface area contributed by atoms with Crippen molar-refractivity contribution in [3.8, 4) is 0 Å². The Balaban J connectivity index is 2.60. The highest BCUT2D eigenvalue weighted by molar-refractivity contribution is 9.10. The number of rotatable bonds is 2. The van der Waals surface area contributed by atoms with Gasteiger partial charge in [-0.2, -0.15) is 0 Å². The second kappa shape index (κ2) is 4.92. The van der Waals surface area contributed by atoms with E-state index < -0.39 is 11.8 Å². The van der Waals surface area contributed by atoms with E-state index in [0.717, 1.165) is 4.70 Å². The van der Waals surface area contributed by atoms with Gasteiger partial charge in [-0.05, 0) is 35.0 Å². The van der Waals surface area contributed by atoms with Crippen molar-refractivity contribution in [2.45, 2.75) is 6.92 Å². The Hall–Kier alpha value is -0.650. The van der Waals surface area contributed by atoms with Crippen LogP contribution in [0.2, 0.25) is 5.02 Å². The summed E-state index contributed by atoms with van der Waals surface area (Å²) in [5, 5.41) is 0.668. The zero-order valence-electron chi connectivity index (χ0n) is 8.72. The highest BCUT2D eigenvalue weighted by Crippen LogP contribution is 2.38. The molecule has 0 aliphatic rings. The van der Waals surface area contributed by atoms with Gasteiger partial charge in [0.2, 0.25) is 0 Å². The molecule has 0 atom stereocenters. The first-order valence-corrected chi connectivity index (χ1v) is 6.77. The molecule has 0 aliphatic carbocycles. The van der Waals surface area contributed by atoms with Gasteiger partial charge in [-0.25, -0.2) is 9.18 Å². The van der Waals surface area contributed by atoms with Crippen LogP contribution in [-0.2, 0) is 4.74 Å². The Morgan fingerprint density at radius 1 is 1.59 bits per heavy atom. The number of esters is 1. The van der Waals surface area contributed by atoms with Crippen LogP contribution in [0.15, 0.2) is 16.6 Å². The summed E-state index contributed by atoms with van der Waals surface area (Å²) in [5.74, 6) is -0.926. The number of ether oxygens (including phenoxy) is 1. The number of fused-ring (bicyclic) bond motifs is 1. The van der Waals surface area contributed by atoms with E-state index in [4.69, 9.17) is 16.3 Å². The van der Waals surface area contributed by atoms with Crippen molar-refractivity contribution in [2.75, 3.05) is 6.61 Å². The van der Waals surface area contributed by atoms with Gasteiger partial charge in [0.05, 0.1) is 16.1 Å². The maximum atomic E-state index is 13.3. The van der Waals surface area contributed by atoms with Gasteiger partial charge in [0, 0.05) is 10.1 Å². The van der Waals surface area contributed by atoms with E-state index in [2.05, 4.69) is 15.9 Å². The summed E-state index contributed by atoms with van der Waals surface area (Å²) >= 11 is 10.2. The Labute approximate surface area is 114 Å². The summed E-state index contributed by atoms with van der Waals surface area (Å²) in [6.07, 6.45) is 0. The molecule has 2 nitrogen and oxygen atoms in total. The van der Waals surface area contributed by atoms with Crippen LogP contribution in [-0.4, -0.2) is 12.6 Å². The molecular formula is C11H7BrClFO2S. The predicted molar refractivity (Wildman–Crippen MR) is 70.4 cm³/mol. The SMILES string of the molecule is CCOC(=O)c1sc2cc(Cl)c(F)cc2c1Br. The van der Waals surface area contributed by atoms with Gasteiger partial charge >= 0.3 is 5.97 Å². The fraction of sp³-hybridized carbons (Fsp3) is 0.182. The third-order valence-electron chi connectivity index (χ3n) is 2.13. The molecule has 0 aliphatic heterocycles. The van der Waals surface area contributed by atoms with E-state index in [1.165, 1.54) is 23.5 Å². The molecule has 0 saturated heterocycles. The lowest BCUT2D eigenvalue weighted by Crippen LogP contribution is -2.02. The van der Waals surface area contributed by atoms with Gasteiger partial charge in [0.15, 0.2) is 0 Å². The zero-order valence-corrected chi connectivity index (χ0v) is 11.9. The molecule has 0 bridgehead atoms. The van der Waals surface area contributed by atoms with Crippen LogP contribution in [0.3, 0.4) is 0 Å². The summed E-state index contributed by atoms with van der Waals surface area (Å²) < 4.78 is 19.5. The molecule has 2 aromatic rings. The van der Waals surface area contributed by atoms with Crippen molar-refractivity contribution in [2.24, 2.45) is 0 Å². The lowest BCUT2D eigenvalue weighted by molar-refractivity contribution is 0.0531. The lowest BCUT2D eigenvalue weighted by atomic mass is 10.2. The Morgan fingerprint density at radius 2 is 2.29 bits per heavy atom. The number of carbonyl (C=O) groups excluding carboxylic acids is 1. The predicted octanol–water partition coefficient (Wildman–Crippen LogP) is 4.63. The molecule has 1 heterocycles. The van der Waals surface area contributed by atoms with Gasteiger partial charge < -0.3 is 4.74 Å². The number of hydrogen-bond acceptors (Lipinski definition) is 3. The maximum absolute atomic E-state index is 13.3. The minimum Gasteiger partial charge on any atom is -0.462 e. The minimum absolute atomic E-state index is 0.0432. The highest BCUT2D eigenvalue weighted by atomic mass is 79.9. The second-order valence-corrected chi connectivity index (χ2v) is 5.48. The Kier molecular flexibility index (Phi) is 3.70. The quantitative estimate of drug-likeness (QED) is 0.747. The average molecular weight is 338 g/mol. The fourth-order valence-electron chi connectivity index (χ4n) is 1.39. The van der Waals surface area contributed by atoms with E-state index in [1.54, 1.807) is 6.92 Å². The Morgan fingerprint density at radius 3 is 2.94 bits per heavy atom. The molecule has 0 fully saturated rings. The standard InChI is InChI=1S/C11H7BrClFO2S/c1-2-16-11(15)10-9(12)5-3-7(14)6(13)4-8(5)17-10/h3-4H,2H2,1H3. The summed E-state index contributed by atoms with van der Waals surface area (Å²) in [5.41, 5.74) is 0. The third kappa shape index (κ3) is 2.32. The summed E-state index contributed by atoms with van der Waals surface area (Å²) in [6, 6.07) is 2.81. The molecule has 0 amide bonds. The number of hydrogen-bond donors (Lipinski definition) is 0. The van der Waals surface area contributed by atoms with Crippen LogP contribution in [0.5, 0.6) is 0 Å². The molecule has 0 unspecified atom stereocenters. The van der Waals surface area contributed by atoms with Crippen molar-refractivity contribution < 1.29 is 13.9 Å². The van der Waals surface area contributed by atoms with Gasteiger partial charge in [-0.15, -0.1) is 11.3 Å². The molecule has 0 saturated carbocycles. The summed E-state index contributed by atoms with van der Waals surface area (Å²) in [4.78, 5) is 12.1. The number of benzene rings is 1. The van der Waals surface area contributed by atoms with Gasteiger partial charge in [0.25, 0.3) is 0 Å². The smallest absolute Gasteiger partial charge is 0.349 e. The van der Waals surface area contributed by atoms with Crippen LogP contribution in [0.25, 0.3) is 10.1 Å². The van der Waals surface area contributed by atoms with Crippen LogP contribution in [0, 0.1) is 5.82 Å². The average Bonchev–Trinajstić information content (AvgIpc) is 2.58. The number of halogens is 3. The van der Waals surface area contributed by atoms with Gasteiger partial charge in [-0.3, -0.25) is 0 Å². The molecule has 1 aromatic heterocycles. The normalized spacial score (nSPS) is 10.8. The van der Waals surface area contributed by atoms with Crippen LogP contribution in [0.4, 0.5) is 4.39 Å². The van der Waals surface area contributed by atoms with Crippen molar-refractivity contribution in [3.05, 3.63) is 32.3 Å². The molecule has 2 rings (SSSR count). The summed E-state index contributed by atoms with van der Waals surface area (Å²) in [6.45, 7) is 2.03. The van der Waals surface area contributed by atoms with Crippen LogP contribution < -0.4 is 0 Å². The highest BCUT2D eigenvalue weighted by Gasteiger charge is 2.19. The molecule has 0 spiro atoms. The molecule has 17 heavy (non-hydrogen) atoms. The first-order valence-electron chi connectivity index (χ1n) is 4.78. The van der Waals surface area contributed by atoms with E-state index in [-0.39, 0.29) is 5.02 Å². The first kappa shape index (κ1) is 12.8. The first-order chi connectivity index (χ1) is 8.04. The molecule has 0 N–H and O–H groups in total. The molecule has 90 valence electrons. The minimum atomic E-state index is -0.506. The lowest BCUT2D eigenvalue weighted by Gasteiger charge is -1.98. The van der Waals surface area contributed by atoms with E-state index in [9.17, 15) is 9.18 Å². The zero-order chi connectivity index (χ0) is 12.6. The van der Waals surface area contributed by atoms with Crippen molar-refractivity contribution in [1.82, 2.24) is 0 Å². The Bertz CT molecular complexity index is 597. The number of thiophene rings is 1. The topological polar surface area (TPSA) is 26.3 Å². The third-order valence-corrected chi connectivity index (χ3v) is 4.64. The fourth-order valence-corrected chi connectivity index (χ4v) is 3.49. The number of carbonyl (C=O) groups is 1. The van der Waals surface area contributed by atoms with Gasteiger partial charge in [0.1, 0.15) is 10.7 Å². The van der Waals surface area contributed by atoms with E-state index in [1.807, 2.05) is 0 Å². The molecule has 0 radical (unpaired) electrons. The second-order valence-electron chi connectivity index (χ2n) is 3.23. The van der Waals surface area contributed by atoms with Crippen LogP contribution >= 0.6 is 38.9 Å². The maximum Gasteiger partial charge on any atom is 0.349 e. The van der Waals surface area contributed by atoms with E-state index >= 15 is 0 Å². The van der Waals surface area contributed by atoms with Gasteiger partial charge in [-0.1, -0.05) is 11.6 Å². The summed E-state index contributed by atoms with van der Waals surface area (Å²) in [7, 11) is 0. The van der Waals surface area contributed by atoms with E-state index in [0.29, 0.717) is 21.3 Å².